The van der Waals surface area contributed by atoms with Crippen molar-refractivity contribution < 1.29 is 48.2 Å². The van der Waals surface area contributed by atoms with Crippen LogP contribution in [0.2, 0.25) is 0 Å². The fraction of sp³-hybridized carbons (Fsp3) is 0.425. The number of aromatic amines is 1. The van der Waals surface area contributed by atoms with Crippen LogP contribution in [0.3, 0.4) is 0 Å². The van der Waals surface area contributed by atoms with Gasteiger partial charge in [0.2, 0.25) is 35.3 Å². The SMILES string of the molecule is CNC(=O)C(=O)CCC(NC(=O)CC1CC(C)(C)OC1=O)C(=O)N[C@@H](Cc1cnc[nH]1)C(=O)N[C@@H](Cc1ccc(O)cc1)C(=O)N1Cc2ccccc2C[C@H]1C(N)=O. The molecule has 0 aliphatic carbocycles. The second-order valence-electron chi connectivity index (χ2n) is 15.1. The van der Waals surface area contributed by atoms with Crippen molar-refractivity contribution in [3.05, 3.63) is 83.4 Å². The highest BCUT2D eigenvalue weighted by molar-refractivity contribution is 6.36. The fourth-order valence-corrected chi connectivity index (χ4v) is 7.15. The van der Waals surface area contributed by atoms with E-state index in [2.05, 4.69) is 31.2 Å². The number of Topliss-reactive ketones (excluding diaryl/α,β-unsaturated/α-hetero) is 1. The molecule has 18 heteroatoms. The molecule has 58 heavy (non-hydrogen) atoms. The van der Waals surface area contributed by atoms with Gasteiger partial charge in [-0.3, -0.25) is 38.4 Å². The van der Waals surface area contributed by atoms with Crippen molar-refractivity contribution in [2.24, 2.45) is 11.7 Å². The van der Waals surface area contributed by atoms with E-state index in [4.69, 9.17) is 10.5 Å². The third-order valence-electron chi connectivity index (χ3n) is 10.1. The predicted molar refractivity (Wildman–Crippen MR) is 205 cm³/mol. The molecule has 18 nitrogen and oxygen atoms in total. The molecule has 8 N–H and O–H groups in total. The van der Waals surface area contributed by atoms with Crippen molar-refractivity contribution in [2.45, 2.75) is 95.1 Å². The Morgan fingerprint density at radius 1 is 0.948 bits per heavy atom. The van der Waals surface area contributed by atoms with Crippen molar-refractivity contribution in [1.29, 1.82) is 0 Å². The number of imidazole rings is 1. The Morgan fingerprint density at radius 3 is 2.24 bits per heavy atom. The van der Waals surface area contributed by atoms with Crippen LogP contribution in [0.15, 0.2) is 61.1 Å². The molecule has 1 aromatic heterocycles. The van der Waals surface area contributed by atoms with E-state index in [0.29, 0.717) is 11.3 Å². The summed E-state index contributed by atoms with van der Waals surface area (Å²) >= 11 is 0. The summed E-state index contributed by atoms with van der Waals surface area (Å²) in [5.74, 6) is -6.92. The summed E-state index contributed by atoms with van der Waals surface area (Å²) in [5.41, 5.74) is 7.63. The number of carbonyl (C=O) groups excluding carboxylic acids is 8. The second kappa shape index (κ2) is 18.6. The second-order valence-corrected chi connectivity index (χ2v) is 15.1. The van der Waals surface area contributed by atoms with Crippen LogP contribution < -0.4 is 27.0 Å². The van der Waals surface area contributed by atoms with Crippen molar-refractivity contribution in [3.8, 4) is 5.75 Å². The first-order chi connectivity index (χ1) is 27.5. The molecule has 1 fully saturated rings. The number of ether oxygens (including phenoxy) is 1. The number of esters is 1. The first-order valence-electron chi connectivity index (χ1n) is 18.8. The third-order valence-corrected chi connectivity index (χ3v) is 10.1. The zero-order valence-corrected chi connectivity index (χ0v) is 32.4. The van der Waals surface area contributed by atoms with Crippen LogP contribution in [0.5, 0.6) is 5.75 Å². The minimum atomic E-state index is -1.44. The molecule has 0 spiro atoms. The lowest BCUT2D eigenvalue weighted by molar-refractivity contribution is -0.149. The number of amides is 6. The maximum absolute atomic E-state index is 14.5. The number of likely N-dealkylation sites (N-methyl/N-ethyl adjacent to an activating group) is 1. The molecule has 0 bridgehead atoms. The number of benzene rings is 2. The van der Waals surface area contributed by atoms with Gasteiger partial charge >= 0.3 is 5.97 Å². The number of nitrogens with one attached hydrogen (secondary N) is 5. The highest BCUT2D eigenvalue weighted by Crippen LogP contribution is 2.32. The van der Waals surface area contributed by atoms with Gasteiger partial charge in [-0.2, -0.15) is 0 Å². The Labute approximate surface area is 334 Å². The lowest BCUT2D eigenvalue weighted by Crippen LogP contribution is -2.60. The lowest BCUT2D eigenvalue weighted by Gasteiger charge is -2.37. The average molecular weight is 801 g/mol. The first kappa shape index (κ1) is 42.6. The van der Waals surface area contributed by atoms with E-state index < -0.39 is 89.3 Å². The number of aromatic hydroxyl groups is 1. The van der Waals surface area contributed by atoms with Crippen molar-refractivity contribution >= 4 is 47.2 Å². The molecule has 2 aliphatic rings. The monoisotopic (exact) mass is 800 g/mol. The minimum absolute atomic E-state index is 0.0230. The Bertz CT molecular complexity index is 2030. The van der Waals surface area contributed by atoms with Gasteiger partial charge in [-0.05, 0) is 49.1 Å². The van der Waals surface area contributed by atoms with Gasteiger partial charge in [0.1, 0.15) is 35.5 Å². The maximum Gasteiger partial charge on any atom is 0.310 e. The van der Waals surface area contributed by atoms with Crippen LogP contribution in [-0.2, 0) is 68.9 Å². The van der Waals surface area contributed by atoms with Crippen LogP contribution in [-0.4, -0.2) is 104 Å². The number of nitrogens with zero attached hydrogens (tertiary/aromatic N) is 2. The number of ketones is 1. The van der Waals surface area contributed by atoms with Gasteiger partial charge in [-0.25, -0.2) is 4.98 Å². The minimum Gasteiger partial charge on any atom is -0.508 e. The quantitative estimate of drug-likeness (QED) is 0.0683. The van der Waals surface area contributed by atoms with E-state index in [-0.39, 0.29) is 50.8 Å². The van der Waals surface area contributed by atoms with Gasteiger partial charge in [0.05, 0.1) is 12.2 Å². The number of aromatic nitrogens is 2. The molecule has 2 unspecified atom stereocenters. The summed E-state index contributed by atoms with van der Waals surface area (Å²) in [7, 11) is 1.27. The highest BCUT2D eigenvalue weighted by atomic mass is 16.6. The molecule has 0 saturated carbocycles. The molecule has 2 aliphatic heterocycles. The summed E-state index contributed by atoms with van der Waals surface area (Å²) in [6.45, 7) is 3.45. The van der Waals surface area contributed by atoms with Gasteiger partial charge in [0.15, 0.2) is 0 Å². The van der Waals surface area contributed by atoms with Gasteiger partial charge in [0, 0.05) is 64.0 Å². The van der Waals surface area contributed by atoms with E-state index in [1.807, 2.05) is 18.2 Å². The van der Waals surface area contributed by atoms with Crippen LogP contribution in [0, 0.1) is 5.92 Å². The predicted octanol–water partition coefficient (Wildman–Crippen LogP) is -0.379. The normalized spacial score (nSPS) is 18.4. The van der Waals surface area contributed by atoms with Gasteiger partial charge in [-0.15, -0.1) is 0 Å². The molecule has 3 aromatic rings. The van der Waals surface area contributed by atoms with E-state index in [0.717, 1.165) is 11.1 Å². The molecule has 308 valence electrons. The number of hydrogen-bond acceptors (Lipinski definition) is 11. The first-order valence-corrected chi connectivity index (χ1v) is 18.8. The number of fused-ring (bicyclic) bond motifs is 1. The summed E-state index contributed by atoms with van der Waals surface area (Å²) in [5, 5.41) is 20.0. The Morgan fingerprint density at radius 2 is 1.62 bits per heavy atom. The van der Waals surface area contributed by atoms with Crippen LogP contribution >= 0.6 is 0 Å². The number of cyclic esters (lactones) is 1. The number of nitrogens with two attached hydrogens (primary N) is 1. The Kier molecular flexibility index (Phi) is 13.6. The van der Waals surface area contributed by atoms with Crippen LogP contribution in [0.25, 0.3) is 0 Å². The van der Waals surface area contributed by atoms with Crippen molar-refractivity contribution in [2.75, 3.05) is 7.05 Å². The van der Waals surface area contributed by atoms with Gasteiger partial charge in [0.25, 0.3) is 5.91 Å². The molecular formula is C40H48N8O10. The lowest BCUT2D eigenvalue weighted by atomic mass is 9.92. The molecule has 0 radical (unpaired) electrons. The molecule has 3 heterocycles. The summed E-state index contributed by atoms with van der Waals surface area (Å²) in [6, 6.07) is 8.10. The number of H-pyrrole nitrogens is 1. The Hall–Kier alpha value is -6.59. The molecular weight excluding hydrogens is 752 g/mol. The van der Waals surface area contributed by atoms with Crippen LogP contribution in [0.1, 0.15) is 61.9 Å². The zero-order chi connectivity index (χ0) is 42.1. The highest BCUT2D eigenvalue weighted by Gasteiger charge is 2.42. The number of hydrogen-bond donors (Lipinski definition) is 7. The summed E-state index contributed by atoms with van der Waals surface area (Å²) < 4.78 is 5.32. The number of phenols is 1. The third kappa shape index (κ3) is 11.0. The molecule has 5 rings (SSSR count). The maximum atomic E-state index is 14.5. The van der Waals surface area contributed by atoms with E-state index in [9.17, 15) is 43.5 Å². The fourth-order valence-electron chi connectivity index (χ4n) is 7.15. The van der Waals surface area contributed by atoms with Crippen molar-refractivity contribution in [3.63, 3.8) is 0 Å². The summed E-state index contributed by atoms with van der Waals surface area (Å²) in [4.78, 5) is 114. The summed E-state index contributed by atoms with van der Waals surface area (Å²) in [6.07, 6.45) is 1.85. The molecule has 5 atom stereocenters. The van der Waals surface area contributed by atoms with E-state index >= 15 is 0 Å². The Balaban J connectivity index is 1.41. The number of rotatable bonds is 17. The van der Waals surface area contributed by atoms with Gasteiger partial charge < -0.3 is 46.7 Å². The molecule has 2 aromatic carbocycles. The van der Waals surface area contributed by atoms with Crippen LogP contribution in [0.4, 0.5) is 0 Å². The van der Waals surface area contributed by atoms with E-state index in [1.54, 1.807) is 32.0 Å². The standard InChI is InChI=1S/C40H48N8O10/c1-40(2)18-25(39(57)58-40)16-33(51)45-28(12-13-32(50)37(55)42-3)35(53)46-29(17-26-19-43-21-44-26)36(54)47-30(14-22-8-10-27(49)11-9-22)38(56)48-20-24-7-5-4-6-23(24)15-31(48)34(41)52/h4-11,19,21,25,28-31,49H,12-18,20H2,1-3H3,(H2,41,52)(H,42,55)(H,43,44)(H,45,51)(H,46,53)(H,47,54)/t25?,28?,29-,30-,31-/m0/s1. The number of primary amides is 1. The number of carbonyl (C=O) groups is 8. The smallest absolute Gasteiger partial charge is 0.310 e. The zero-order valence-electron chi connectivity index (χ0n) is 32.4. The average Bonchev–Trinajstić information content (AvgIpc) is 3.80. The number of phenolic OH excluding ortho intramolecular Hbond substituents is 1. The molecule has 6 amide bonds. The largest absolute Gasteiger partial charge is 0.508 e. The van der Waals surface area contributed by atoms with Crippen molar-refractivity contribution in [1.82, 2.24) is 36.1 Å². The van der Waals surface area contributed by atoms with Gasteiger partial charge in [-0.1, -0.05) is 36.4 Å². The van der Waals surface area contributed by atoms with E-state index in [1.165, 1.54) is 36.6 Å². The molecule has 1 saturated heterocycles. The topological polar surface area (TPSA) is 272 Å².